The van der Waals surface area contributed by atoms with E-state index < -0.39 is 45.5 Å². The van der Waals surface area contributed by atoms with Crippen molar-refractivity contribution in [1.29, 1.82) is 0 Å². The highest BCUT2D eigenvalue weighted by Crippen LogP contribution is 2.42. The van der Waals surface area contributed by atoms with Gasteiger partial charge in [0.15, 0.2) is 0 Å². The molecule has 0 spiro atoms. The molecule has 0 heterocycles. The second kappa shape index (κ2) is 4.87. The van der Waals surface area contributed by atoms with Crippen molar-refractivity contribution in [3.63, 3.8) is 0 Å². The van der Waals surface area contributed by atoms with Gasteiger partial charge in [0, 0.05) is 18.0 Å². The molecule has 0 fully saturated rings. The minimum atomic E-state index is -5.17. The maximum Gasteiger partial charge on any atom is 0.416 e. The molecule has 0 saturated heterocycles. The minimum Gasteiger partial charge on any atom is -0.258 e. The largest absolute Gasteiger partial charge is 0.416 e. The average Bonchev–Trinajstić information content (AvgIpc) is 2.24. The Hall–Kier alpha value is -1.51. The highest BCUT2D eigenvalue weighted by atomic mass is 35.5. The molecule has 0 saturated carbocycles. The molecule has 0 N–H and O–H groups in total. The normalized spacial score (nSPS) is 12.6. The third kappa shape index (κ3) is 3.28. The minimum absolute atomic E-state index is 0.0347. The summed E-state index contributed by atoms with van der Waals surface area (Å²) in [4.78, 5) is 9.07. The van der Waals surface area contributed by atoms with E-state index >= 15 is 0 Å². The van der Waals surface area contributed by atoms with E-state index in [-0.39, 0.29) is 12.1 Å². The predicted molar refractivity (Wildman–Crippen MR) is 52.7 cm³/mol. The first kappa shape index (κ1) is 15.5. The molecule has 0 amide bonds. The summed E-state index contributed by atoms with van der Waals surface area (Å²) in [7, 11) is 0. The number of nitro groups is 1. The topological polar surface area (TPSA) is 43.1 Å². The van der Waals surface area contributed by atoms with Crippen molar-refractivity contribution in [2.24, 2.45) is 0 Å². The zero-order chi connectivity index (χ0) is 15.0. The molecule has 1 aromatic rings. The van der Waals surface area contributed by atoms with Gasteiger partial charge in [-0.25, -0.2) is 0 Å². The lowest BCUT2D eigenvalue weighted by Gasteiger charge is -2.16. The van der Waals surface area contributed by atoms with E-state index in [9.17, 15) is 36.5 Å². The van der Waals surface area contributed by atoms with Crippen LogP contribution in [0.1, 0.15) is 16.7 Å². The van der Waals surface area contributed by atoms with Crippen LogP contribution in [0.2, 0.25) is 0 Å². The van der Waals surface area contributed by atoms with Crippen LogP contribution in [0, 0.1) is 10.1 Å². The molecule has 0 aliphatic heterocycles. The molecule has 3 nitrogen and oxygen atoms in total. The van der Waals surface area contributed by atoms with Gasteiger partial charge in [-0.3, -0.25) is 10.1 Å². The first-order valence-electron chi connectivity index (χ1n) is 4.50. The van der Waals surface area contributed by atoms with E-state index in [2.05, 4.69) is 0 Å². The lowest BCUT2D eigenvalue weighted by atomic mass is 10.00. The van der Waals surface area contributed by atoms with Crippen LogP contribution in [0.3, 0.4) is 0 Å². The van der Waals surface area contributed by atoms with Crippen molar-refractivity contribution in [2.75, 3.05) is 0 Å². The van der Waals surface area contributed by atoms with Gasteiger partial charge >= 0.3 is 12.4 Å². The molecule has 0 radical (unpaired) electrons. The summed E-state index contributed by atoms with van der Waals surface area (Å²) in [6.07, 6.45) is -10.3. The maximum absolute atomic E-state index is 12.6. The van der Waals surface area contributed by atoms with Crippen molar-refractivity contribution in [3.05, 3.63) is 38.9 Å². The van der Waals surface area contributed by atoms with Crippen LogP contribution in [-0.2, 0) is 18.2 Å². The molecule has 10 heteroatoms. The van der Waals surface area contributed by atoms with E-state index in [0.29, 0.717) is 0 Å². The molecule has 19 heavy (non-hydrogen) atoms. The fourth-order valence-electron chi connectivity index (χ4n) is 1.41. The van der Waals surface area contributed by atoms with E-state index in [1.54, 1.807) is 0 Å². The maximum atomic E-state index is 12.6. The fourth-order valence-corrected chi connectivity index (χ4v) is 1.70. The van der Waals surface area contributed by atoms with E-state index in [4.69, 9.17) is 11.6 Å². The summed E-state index contributed by atoms with van der Waals surface area (Å²) in [6.45, 7) is 0. The lowest BCUT2D eigenvalue weighted by Crippen LogP contribution is -2.16. The van der Waals surface area contributed by atoms with Gasteiger partial charge in [0.25, 0.3) is 5.69 Å². The summed E-state index contributed by atoms with van der Waals surface area (Å²) in [6, 6.07) is 0.0694. The van der Waals surface area contributed by atoms with Crippen LogP contribution >= 0.6 is 11.6 Å². The molecular weight excluding hydrogens is 304 g/mol. The predicted octanol–water partition coefficient (Wildman–Crippen LogP) is 4.37. The Bertz CT molecular complexity index is 475. The van der Waals surface area contributed by atoms with Gasteiger partial charge in [-0.1, -0.05) is 0 Å². The van der Waals surface area contributed by atoms with Crippen LogP contribution in [0.15, 0.2) is 12.1 Å². The van der Waals surface area contributed by atoms with Crippen molar-refractivity contribution in [1.82, 2.24) is 0 Å². The number of halogens is 7. The highest BCUT2D eigenvalue weighted by molar-refractivity contribution is 6.17. The van der Waals surface area contributed by atoms with Gasteiger partial charge in [-0.2, -0.15) is 26.3 Å². The van der Waals surface area contributed by atoms with Gasteiger partial charge < -0.3 is 0 Å². The van der Waals surface area contributed by atoms with Crippen LogP contribution in [0.5, 0.6) is 0 Å². The Labute approximate surface area is 106 Å². The Kier molecular flexibility index (Phi) is 3.99. The Morgan fingerprint density at radius 2 is 1.42 bits per heavy atom. The quantitative estimate of drug-likeness (QED) is 0.352. The molecule has 0 bridgehead atoms. The number of hydrogen-bond acceptors (Lipinski definition) is 2. The fraction of sp³-hybridized carbons (Fsp3) is 0.333. The number of hydrogen-bond donors (Lipinski definition) is 0. The zero-order valence-corrected chi connectivity index (χ0v) is 9.53. The summed E-state index contributed by atoms with van der Waals surface area (Å²) >= 11 is 5.11. The molecule has 0 aliphatic rings. The van der Waals surface area contributed by atoms with Gasteiger partial charge in [-0.15, -0.1) is 11.6 Å². The Morgan fingerprint density at radius 1 is 1.05 bits per heavy atom. The molecule has 0 aromatic heterocycles. The third-order valence-corrected chi connectivity index (χ3v) is 2.46. The number of benzene rings is 1. The number of nitrogens with zero attached hydrogens (tertiary/aromatic N) is 1. The van der Waals surface area contributed by atoms with Crippen LogP contribution in [0.25, 0.3) is 0 Å². The second-order valence-electron chi connectivity index (χ2n) is 3.41. The molecule has 106 valence electrons. The molecule has 1 aromatic carbocycles. The summed E-state index contributed by atoms with van der Waals surface area (Å²) in [5.41, 5.74) is -6.05. The third-order valence-electron chi connectivity index (χ3n) is 2.19. The first-order valence-corrected chi connectivity index (χ1v) is 5.03. The van der Waals surface area contributed by atoms with E-state index in [1.807, 2.05) is 0 Å². The molecule has 0 atom stereocenters. The standard InChI is InChI=1S/C9H4ClF6NO2/c10-3-5-6(8(11,12)13)1-4(17(18)19)2-7(5)9(14,15)16/h1-2H,3H2. The van der Waals surface area contributed by atoms with Gasteiger partial charge in [0.2, 0.25) is 0 Å². The summed E-state index contributed by atoms with van der Waals surface area (Å²) in [5.74, 6) is -1.07. The molecule has 0 aliphatic carbocycles. The number of alkyl halides is 7. The lowest BCUT2D eigenvalue weighted by molar-refractivity contribution is -0.385. The van der Waals surface area contributed by atoms with Crippen LogP contribution in [0.4, 0.5) is 32.0 Å². The molecule has 1 rings (SSSR count). The van der Waals surface area contributed by atoms with Crippen LogP contribution < -0.4 is 0 Å². The SMILES string of the molecule is O=[N+]([O-])c1cc(C(F)(F)F)c(CCl)c(C(F)(F)F)c1. The van der Waals surface area contributed by atoms with Crippen LogP contribution in [-0.4, -0.2) is 4.92 Å². The van der Waals surface area contributed by atoms with Gasteiger partial charge in [0.1, 0.15) is 0 Å². The highest BCUT2D eigenvalue weighted by Gasteiger charge is 2.42. The Morgan fingerprint density at radius 3 is 1.63 bits per heavy atom. The summed E-state index contributed by atoms with van der Waals surface area (Å²) in [5, 5.41) is 10.4. The number of nitro benzene ring substituents is 1. The smallest absolute Gasteiger partial charge is 0.258 e. The molecule has 0 unspecified atom stereocenters. The second-order valence-corrected chi connectivity index (χ2v) is 3.67. The average molecular weight is 308 g/mol. The van der Waals surface area contributed by atoms with E-state index in [0.717, 1.165) is 0 Å². The Balaban J connectivity index is 3.72. The van der Waals surface area contributed by atoms with E-state index in [1.165, 1.54) is 0 Å². The van der Waals surface area contributed by atoms with Crippen molar-refractivity contribution < 1.29 is 31.3 Å². The number of rotatable bonds is 2. The van der Waals surface area contributed by atoms with Crippen molar-refractivity contribution in [2.45, 2.75) is 18.2 Å². The monoisotopic (exact) mass is 307 g/mol. The number of non-ortho nitro benzene ring substituents is 1. The molecular formula is C9H4ClF6NO2. The first-order chi connectivity index (χ1) is 8.48. The van der Waals surface area contributed by atoms with Crippen molar-refractivity contribution in [3.8, 4) is 0 Å². The zero-order valence-electron chi connectivity index (χ0n) is 8.77. The van der Waals surface area contributed by atoms with Gasteiger partial charge in [0.05, 0.1) is 16.1 Å². The van der Waals surface area contributed by atoms with Crippen molar-refractivity contribution >= 4 is 17.3 Å². The van der Waals surface area contributed by atoms with Gasteiger partial charge in [-0.05, 0) is 5.56 Å². The summed E-state index contributed by atoms with van der Waals surface area (Å²) < 4.78 is 75.6.